The average Bonchev–Trinajstić information content (AvgIpc) is 3.13. The summed E-state index contributed by atoms with van der Waals surface area (Å²) in [5.41, 5.74) is 3.01. The molecule has 3 amide bonds. The van der Waals surface area contributed by atoms with Crippen LogP contribution in [0.3, 0.4) is 0 Å². The zero-order valence-electron chi connectivity index (χ0n) is 12.5. The van der Waals surface area contributed by atoms with Crippen LogP contribution in [-0.2, 0) is 4.79 Å². The first-order chi connectivity index (χ1) is 10.0. The third kappa shape index (κ3) is 3.35. The van der Waals surface area contributed by atoms with Crippen molar-refractivity contribution in [2.24, 2.45) is 0 Å². The Morgan fingerprint density at radius 1 is 1.19 bits per heavy atom. The summed E-state index contributed by atoms with van der Waals surface area (Å²) >= 11 is 0. The molecule has 1 aliphatic heterocycles. The van der Waals surface area contributed by atoms with E-state index in [0.29, 0.717) is 19.0 Å². The number of benzene rings is 1. The summed E-state index contributed by atoms with van der Waals surface area (Å²) in [5.74, 6) is 0.161. The Balaban J connectivity index is 1.55. The van der Waals surface area contributed by atoms with E-state index in [-0.39, 0.29) is 18.0 Å². The van der Waals surface area contributed by atoms with Crippen molar-refractivity contribution in [3.05, 3.63) is 29.3 Å². The summed E-state index contributed by atoms with van der Waals surface area (Å²) in [4.78, 5) is 25.8. The first kappa shape index (κ1) is 13.9. The molecular weight excluding hydrogens is 266 g/mol. The third-order valence-electron chi connectivity index (χ3n) is 3.96. The Morgan fingerprint density at radius 2 is 1.86 bits per heavy atom. The van der Waals surface area contributed by atoms with E-state index < -0.39 is 0 Å². The van der Waals surface area contributed by atoms with Crippen LogP contribution in [0.25, 0.3) is 0 Å². The highest BCUT2D eigenvalue weighted by molar-refractivity contribution is 5.90. The molecule has 21 heavy (non-hydrogen) atoms. The van der Waals surface area contributed by atoms with Gasteiger partial charge in [0, 0.05) is 24.7 Å². The van der Waals surface area contributed by atoms with Crippen molar-refractivity contribution >= 4 is 17.6 Å². The summed E-state index contributed by atoms with van der Waals surface area (Å²) < 4.78 is 0. The number of rotatable bonds is 3. The van der Waals surface area contributed by atoms with Crippen LogP contribution >= 0.6 is 0 Å². The molecule has 112 valence electrons. The molecule has 0 spiro atoms. The summed E-state index contributed by atoms with van der Waals surface area (Å²) in [6, 6.07) is 6.03. The average molecular weight is 287 g/mol. The molecule has 1 aromatic rings. The predicted octanol–water partition coefficient (Wildman–Crippen LogP) is 2.19. The van der Waals surface area contributed by atoms with E-state index >= 15 is 0 Å². The lowest BCUT2D eigenvalue weighted by atomic mass is 10.1. The second-order valence-corrected chi connectivity index (χ2v) is 6.15. The molecule has 5 nitrogen and oxygen atoms in total. The third-order valence-corrected chi connectivity index (χ3v) is 3.96. The van der Waals surface area contributed by atoms with Crippen molar-refractivity contribution in [3.63, 3.8) is 0 Å². The van der Waals surface area contributed by atoms with Gasteiger partial charge in [-0.05, 0) is 49.9 Å². The van der Waals surface area contributed by atoms with Crippen LogP contribution < -0.4 is 10.6 Å². The number of carbonyl (C=O) groups excluding carboxylic acids is 2. The molecular formula is C16H21N3O2. The Bertz CT molecular complexity index is 561. The van der Waals surface area contributed by atoms with E-state index in [1.165, 1.54) is 0 Å². The van der Waals surface area contributed by atoms with Gasteiger partial charge in [0.1, 0.15) is 0 Å². The summed E-state index contributed by atoms with van der Waals surface area (Å²) in [5, 5.41) is 5.74. The molecule has 1 saturated carbocycles. The fraction of sp³-hybridized carbons (Fsp3) is 0.500. The topological polar surface area (TPSA) is 61.4 Å². The van der Waals surface area contributed by atoms with Crippen LogP contribution in [0.2, 0.25) is 0 Å². The number of anilines is 1. The molecule has 1 unspecified atom stereocenters. The summed E-state index contributed by atoms with van der Waals surface area (Å²) in [7, 11) is 0. The van der Waals surface area contributed by atoms with Crippen LogP contribution in [0.4, 0.5) is 10.5 Å². The minimum atomic E-state index is -0.240. The maximum Gasteiger partial charge on any atom is 0.319 e. The van der Waals surface area contributed by atoms with Gasteiger partial charge < -0.3 is 15.5 Å². The van der Waals surface area contributed by atoms with Crippen molar-refractivity contribution < 1.29 is 9.59 Å². The first-order valence-electron chi connectivity index (χ1n) is 7.46. The molecule has 1 aromatic carbocycles. The molecule has 2 fully saturated rings. The van der Waals surface area contributed by atoms with E-state index in [0.717, 1.165) is 29.7 Å². The highest BCUT2D eigenvalue weighted by Gasteiger charge is 2.39. The number of carbonyl (C=O) groups is 2. The van der Waals surface area contributed by atoms with Gasteiger partial charge in [-0.25, -0.2) is 4.79 Å². The number of hydrogen-bond donors (Lipinski definition) is 2. The van der Waals surface area contributed by atoms with Gasteiger partial charge in [0.2, 0.25) is 5.91 Å². The van der Waals surface area contributed by atoms with Gasteiger partial charge in [-0.15, -0.1) is 0 Å². The zero-order chi connectivity index (χ0) is 15.0. The molecule has 1 saturated heterocycles. The van der Waals surface area contributed by atoms with Gasteiger partial charge >= 0.3 is 6.03 Å². The number of nitrogens with one attached hydrogen (secondary N) is 2. The highest BCUT2D eigenvalue weighted by atomic mass is 16.2. The van der Waals surface area contributed by atoms with Crippen LogP contribution in [0.1, 0.15) is 30.4 Å². The Hall–Kier alpha value is -2.04. The number of aryl methyl sites for hydroxylation is 2. The molecule has 1 atom stereocenters. The molecule has 5 heteroatoms. The van der Waals surface area contributed by atoms with E-state index in [1.54, 1.807) is 0 Å². The maximum atomic E-state index is 12.0. The lowest BCUT2D eigenvalue weighted by Gasteiger charge is -2.16. The predicted molar refractivity (Wildman–Crippen MR) is 81.2 cm³/mol. The lowest BCUT2D eigenvalue weighted by Crippen LogP contribution is -2.40. The number of urea groups is 1. The molecule has 2 N–H and O–H groups in total. The number of amides is 3. The lowest BCUT2D eigenvalue weighted by molar-refractivity contribution is -0.128. The molecule has 3 rings (SSSR count). The van der Waals surface area contributed by atoms with Gasteiger partial charge in [0.05, 0.1) is 6.04 Å². The van der Waals surface area contributed by atoms with Crippen LogP contribution in [0.5, 0.6) is 0 Å². The van der Waals surface area contributed by atoms with Crippen LogP contribution in [-0.4, -0.2) is 35.5 Å². The Kier molecular flexibility index (Phi) is 3.57. The van der Waals surface area contributed by atoms with Gasteiger partial charge in [-0.1, -0.05) is 6.07 Å². The Labute approximate surface area is 124 Å². The normalized spacial score (nSPS) is 21.5. The molecule has 1 heterocycles. The monoisotopic (exact) mass is 287 g/mol. The molecule has 1 aliphatic carbocycles. The van der Waals surface area contributed by atoms with Crippen molar-refractivity contribution in [2.45, 2.75) is 45.2 Å². The van der Waals surface area contributed by atoms with Gasteiger partial charge in [0.15, 0.2) is 0 Å². The van der Waals surface area contributed by atoms with Gasteiger partial charge in [0.25, 0.3) is 0 Å². The highest BCUT2D eigenvalue weighted by Crippen LogP contribution is 2.30. The molecule has 0 aromatic heterocycles. The fourth-order valence-electron chi connectivity index (χ4n) is 2.97. The molecule has 0 radical (unpaired) electrons. The smallest absolute Gasteiger partial charge is 0.319 e. The van der Waals surface area contributed by atoms with Crippen LogP contribution in [0.15, 0.2) is 18.2 Å². The number of hydrogen-bond acceptors (Lipinski definition) is 2. The largest absolute Gasteiger partial charge is 0.338 e. The molecule has 2 aliphatic rings. The quantitative estimate of drug-likeness (QED) is 0.895. The van der Waals surface area contributed by atoms with E-state index in [1.807, 2.05) is 30.9 Å². The summed E-state index contributed by atoms with van der Waals surface area (Å²) in [6.07, 6.45) is 2.62. The molecule has 0 bridgehead atoms. The first-order valence-corrected chi connectivity index (χ1v) is 7.46. The van der Waals surface area contributed by atoms with Gasteiger partial charge in [-0.2, -0.15) is 0 Å². The summed E-state index contributed by atoms with van der Waals surface area (Å²) in [6.45, 7) is 4.64. The van der Waals surface area contributed by atoms with E-state index in [9.17, 15) is 9.59 Å². The zero-order valence-corrected chi connectivity index (χ0v) is 12.5. The van der Waals surface area contributed by atoms with Crippen molar-refractivity contribution in [1.29, 1.82) is 0 Å². The minimum absolute atomic E-state index is 0.0796. The second kappa shape index (κ2) is 5.39. The Morgan fingerprint density at radius 3 is 2.48 bits per heavy atom. The number of nitrogens with zero attached hydrogens (tertiary/aromatic N) is 1. The van der Waals surface area contributed by atoms with Crippen molar-refractivity contribution in [2.75, 3.05) is 11.9 Å². The van der Waals surface area contributed by atoms with Crippen molar-refractivity contribution in [1.82, 2.24) is 10.2 Å². The van der Waals surface area contributed by atoms with E-state index in [2.05, 4.69) is 16.7 Å². The standard InChI is InChI=1S/C16H21N3O2/c1-10-5-11(2)7-12(6-10)17-16(21)18-13-8-15(20)19(9-13)14-3-4-14/h5-7,13-14H,3-4,8-9H2,1-2H3,(H2,17,18,21). The van der Waals surface area contributed by atoms with Gasteiger partial charge in [-0.3, -0.25) is 4.79 Å². The fourth-order valence-corrected chi connectivity index (χ4v) is 2.97. The maximum absolute atomic E-state index is 12.0. The SMILES string of the molecule is Cc1cc(C)cc(NC(=O)NC2CC(=O)N(C3CC3)C2)c1. The number of likely N-dealkylation sites (tertiary alicyclic amines) is 1. The van der Waals surface area contributed by atoms with E-state index in [4.69, 9.17) is 0 Å². The minimum Gasteiger partial charge on any atom is -0.338 e. The second-order valence-electron chi connectivity index (χ2n) is 6.15. The van der Waals surface area contributed by atoms with Crippen molar-refractivity contribution in [3.8, 4) is 0 Å². The van der Waals surface area contributed by atoms with Crippen LogP contribution in [0, 0.1) is 13.8 Å².